The lowest BCUT2D eigenvalue weighted by molar-refractivity contribution is -0.128. The first-order valence-corrected chi connectivity index (χ1v) is 5.14. The fourth-order valence-corrected chi connectivity index (χ4v) is 1.28. The topological polar surface area (TPSA) is 80.0 Å². The molecular formula is C11H18N4O. The number of nitrogens with zero attached hydrogens (tertiary/aromatic N) is 1. The van der Waals surface area contributed by atoms with Gasteiger partial charge in [0.05, 0.1) is 5.41 Å². The number of nitrogens with two attached hydrogens (primary N) is 1. The second-order valence-corrected chi connectivity index (χ2v) is 4.26. The summed E-state index contributed by atoms with van der Waals surface area (Å²) in [6.07, 6.45) is 0. The molecule has 0 unspecified atom stereocenters. The minimum Gasteiger partial charge on any atom is -0.384 e. The van der Waals surface area contributed by atoms with Crippen molar-refractivity contribution < 1.29 is 4.79 Å². The van der Waals surface area contributed by atoms with Crippen LogP contribution in [-0.4, -0.2) is 24.5 Å². The largest absolute Gasteiger partial charge is 0.384 e. The molecule has 0 saturated heterocycles. The summed E-state index contributed by atoms with van der Waals surface area (Å²) in [7, 11) is 1.63. The minimum absolute atomic E-state index is 0.0103. The highest BCUT2D eigenvalue weighted by Crippen LogP contribution is 2.16. The van der Waals surface area contributed by atoms with Crippen LogP contribution in [0.4, 0.5) is 11.6 Å². The van der Waals surface area contributed by atoms with Crippen molar-refractivity contribution in [2.75, 3.05) is 24.6 Å². The van der Waals surface area contributed by atoms with Crippen LogP contribution in [0.5, 0.6) is 0 Å². The predicted molar refractivity (Wildman–Crippen MR) is 65.0 cm³/mol. The van der Waals surface area contributed by atoms with E-state index in [4.69, 9.17) is 5.73 Å². The lowest BCUT2D eigenvalue weighted by Gasteiger charge is -2.23. The molecule has 5 heteroatoms. The zero-order valence-electron chi connectivity index (χ0n) is 9.87. The molecule has 0 aliphatic rings. The number of hydrogen-bond acceptors (Lipinski definition) is 4. The smallest absolute Gasteiger partial charge is 0.227 e. The van der Waals surface area contributed by atoms with Gasteiger partial charge in [-0.15, -0.1) is 0 Å². The number of anilines is 2. The van der Waals surface area contributed by atoms with Crippen LogP contribution in [0.2, 0.25) is 0 Å². The second kappa shape index (κ2) is 4.83. The number of amides is 1. The third-order valence-corrected chi connectivity index (χ3v) is 2.32. The van der Waals surface area contributed by atoms with Gasteiger partial charge in [0, 0.05) is 13.6 Å². The molecule has 88 valence electrons. The molecule has 4 N–H and O–H groups in total. The van der Waals surface area contributed by atoms with Crippen molar-refractivity contribution in [3.05, 3.63) is 18.2 Å². The van der Waals surface area contributed by atoms with Crippen molar-refractivity contribution in [1.82, 2.24) is 10.3 Å². The lowest BCUT2D eigenvalue weighted by atomic mass is 9.92. The Labute approximate surface area is 95.4 Å². The molecule has 0 saturated carbocycles. The summed E-state index contributed by atoms with van der Waals surface area (Å²) >= 11 is 0. The molecule has 1 heterocycles. The van der Waals surface area contributed by atoms with Gasteiger partial charge in [-0.3, -0.25) is 4.79 Å². The number of aromatic nitrogens is 1. The van der Waals surface area contributed by atoms with Crippen LogP contribution in [0.3, 0.4) is 0 Å². The van der Waals surface area contributed by atoms with E-state index in [-0.39, 0.29) is 5.91 Å². The SMILES string of the molecule is CNC(=O)C(C)(C)CNc1cccc(N)n1. The van der Waals surface area contributed by atoms with Crippen molar-refractivity contribution >= 4 is 17.5 Å². The van der Waals surface area contributed by atoms with E-state index in [1.165, 1.54) is 0 Å². The molecule has 0 bridgehead atoms. The molecule has 0 fully saturated rings. The van der Waals surface area contributed by atoms with Crippen LogP contribution in [0, 0.1) is 5.41 Å². The van der Waals surface area contributed by atoms with E-state index in [0.717, 1.165) is 0 Å². The standard InChI is InChI=1S/C11H18N4O/c1-11(2,10(16)13-3)7-14-9-6-4-5-8(12)15-9/h4-6H,7H2,1-3H3,(H,13,16)(H3,12,14,15). The Bertz CT molecular complexity index is 376. The minimum atomic E-state index is -0.485. The van der Waals surface area contributed by atoms with Crippen LogP contribution in [0.25, 0.3) is 0 Å². The number of rotatable bonds is 4. The summed E-state index contributed by atoms with van der Waals surface area (Å²) in [5.41, 5.74) is 5.07. The van der Waals surface area contributed by atoms with Crippen molar-refractivity contribution in [2.45, 2.75) is 13.8 Å². The molecule has 0 radical (unpaired) electrons. The first kappa shape index (κ1) is 12.3. The highest BCUT2D eigenvalue weighted by atomic mass is 16.2. The van der Waals surface area contributed by atoms with E-state index in [1.54, 1.807) is 13.1 Å². The first-order chi connectivity index (χ1) is 7.45. The predicted octanol–water partition coefficient (Wildman–Crippen LogP) is 0.848. The van der Waals surface area contributed by atoms with Gasteiger partial charge < -0.3 is 16.4 Å². The van der Waals surface area contributed by atoms with Crippen LogP contribution in [0.15, 0.2) is 18.2 Å². The second-order valence-electron chi connectivity index (χ2n) is 4.26. The van der Waals surface area contributed by atoms with Gasteiger partial charge in [0.15, 0.2) is 0 Å². The number of carbonyl (C=O) groups excluding carboxylic acids is 1. The average molecular weight is 222 g/mol. The molecular weight excluding hydrogens is 204 g/mol. The highest BCUT2D eigenvalue weighted by Gasteiger charge is 2.26. The molecule has 1 aromatic heterocycles. The van der Waals surface area contributed by atoms with Crippen molar-refractivity contribution in [3.63, 3.8) is 0 Å². The third kappa shape index (κ3) is 3.12. The van der Waals surface area contributed by atoms with Gasteiger partial charge in [-0.05, 0) is 26.0 Å². The summed E-state index contributed by atoms with van der Waals surface area (Å²) in [5.74, 6) is 1.13. The Hall–Kier alpha value is -1.78. The van der Waals surface area contributed by atoms with Crippen LogP contribution >= 0.6 is 0 Å². The first-order valence-electron chi connectivity index (χ1n) is 5.14. The van der Waals surface area contributed by atoms with Crippen molar-refractivity contribution in [1.29, 1.82) is 0 Å². The zero-order chi connectivity index (χ0) is 12.2. The Morgan fingerprint density at radius 1 is 1.50 bits per heavy atom. The van der Waals surface area contributed by atoms with E-state index in [2.05, 4.69) is 15.6 Å². The van der Waals surface area contributed by atoms with E-state index in [9.17, 15) is 4.79 Å². The molecule has 5 nitrogen and oxygen atoms in total. The summed E-state index contributed by atoms with van der Waals surface area (Å²) in [4.78, 5) is 15.6. The maximum atomic E-state index is 11.5. The fourth-order valence-electron chi connectivity index (χ4n) is 1.28. The molecule has 1 aromatic rings. The monoisotopic (exact) mass is 222 g/mol. The number of pyridine rings is 1. The van der Waals surface area contributed by atoms with Gasteiger partial charge in [0.25, 0.3) is 0 Å². The molecule has 1 rings (SSSR count). The van der Waals surface area contributed by atoms with Gasteiger partial charge in [0.2, 0.25) is 5.91 Å². The van der Waals surface area contributed by atoms with Gasteiger partial charge in [-0.25, -0.2) is 4.98 Å². The van der Waals surface area contributed by atoms with Crippen LogP contribution < -0.4 is 16.4 Å². The quantitative estimate of drug-likeness (QED) is 0.705. The lowest BCUT2D eigenvalue weighted by Crippen LogP contribution is -2.39. The average Bonchev–Trinajstić information content (AvgIpc) is 2.25. The van der Waals surface area contributed by atoms with E-state index < -0.39 is 5.41 Å². The van der Waals surface area contributed by atoms with E-state index in [0.29, 0.717) is 18.2 Å². The summed E-state index contributed by atoms with van der Waals surface area (Å²) in [6.45, 7) is 4.24. The van der Waals surface area contributed by atoms with E-state index in [1.807, 2.05) is 26.0 Å². The summed E-state index contributed by atoms with van der Waals surface area (Å²) in [6, 6.07) is 5.35. The Kier molecular flexibility index (Phi) is 3.71. The summed E-state index contributed by atoms with van der Waals surface area (Å²) in [5, 5.41) is 5.72. The Balaban J connectivity index is 2.61. The Morgan fingerprint density at radius 3 is 2.75 bits per heavy atom. The number of carbonyl (C=O) groups is 1. The van der Waals surface area contributed by atoms with Crippen molar-refractivity contribution in [3.8, 4) is 0 Å². The third-order valence-electron chi connectivity index (χ3n) is 2.32. The van der Waals surface area contributed by atoms with Gasteiger partial charge >= 0.3 is 0 Å². The van der Waals surface area contributed by atoms with Gasteiger partial charge in [-0.1, -0.05) is 6.07 Å². The maximum absolute atomic E-state index is 11.5. The molecule has 0 atom stereocenters. The summed E-state index contributed by atoms with van der Waals surface area (Å²) < 4.78 is 0. The molecule has 1 amide bonds. The molecule has 0 aliphatic heterocycles. The van der Waals surface area contributed by atoms with Crippen LogP contribution in [-0.2, 0) is 4.79 Å². The fraction of sp³-hybridized carbons (Fsp3) is 0.455. The number of nitrogens with one attached hydrogen (secondary N) is 2. The highest BCUT2D eigenvalue weighted by molar-refractivity contribution is 5.82. The van der Waals surface area contributed by atoms with Crippen LogP contribution in [0.1, 0.15) is 13.8 Å². The van der Waals surface area contributed by atoms with Gasteiger partial charge in [-0.2, -0.15) is 0 Å². The number of hydrogen-bond donors (Lipinski definition) is 3. The normalized spacial score (nSPS) is 10.9. The number of nitrogen functional groups attached to an aromatic ring is 1. The Morgan fingerprint density at radius 2 is 2.19 bits per heavy atom. The molecule has 0 aromatic carbocycles. The molecule has 0 spiro atoms. The molecule has 0 aliphatic carbocycles. The van der Waals surface area contributed by atoms with Gasteiger partial charge in [0.1, 0.15) is 11.6 Å². The van der Waals surface area contributed by atoms with E-state index >= 15 is 0 Å². The molecule has 16 heavy (non-hydrogen) atoms. The van der Waals surface area contributed by atoms with Crippen molar-refractivity contribution in [2.24, 2.45) is 5.41 Å². The maximum Gasteiger partial charge on any atom is 0.227 e. The zero-order valence-corrected chi connectivity index (χ0v) is 9.87.